The number of thiazole rings is 1. The van der Waals surface area contributed by atoms with Gasteiger partial charge in [-0.15, -0.1) is 11.3 Å². The predicted octanol–water partition coefficient (Wildman–Crippen LogP) is 4.62. The Bertz CT molecular complexity index is 714. The Kier molecular flexibility index (Phi) is 6.11. The molecule has 0 radical (unpaired) electrons. The number of benzene rings is 1. The van der Waals surface area contributed by atoms with Crippen LogP contribution in [0.2, 0.25) is 10.0 Å². The Morgan fingerprint density at radius 3 is 2.75 bits per heavy atom. The monoisotopic (exact) mass is 383 g/mol. The van der Waals surface area contributed by atoms with Gasteiger partial charge in [-0.2, -0.15) is 0 Å². The van der Waals surface area contributed by atoms with E-state index in [1.807, 2.05) is 5.38 Å². The van der Waals surface area contributed by atoms with Gasteiger partial charge in [0.2, 0.25) is 5.91 Å². The van der Waals surface area contributed by atoms with E-state index in [2.05, 4.69) is 15.2 Å². The van der Waals surface area contributed by atoms with E-state index in [1.54, 1.807) is 18.2 Å². The highest BCUT2D eigenvalue weighted by Crippen LogP contribution is 2.23. The third-order valence-electron chi connectivity index (χ3n) is 3.98. The maximum absolute atomic E-state index is 12.1. The van der Waals surface area contributed by atoms with Crippen LogP contribution in [0.5, 0.6) is 0 Å². The lowest BCUT2D eigenvalue weighted by Crippen LogP contribution is -2.29. The molecule has 128 valence electrons. The summed E-state index contributed by atoms with van der Waals surface area (Å²) in [4.78, 5) is 19.1. The number of halogens is 2. The molecule has 0 bridgehead atoms. The van der Waals surface area contributed by atoms with Gasteiger partial charge in [-0.25, -0.2) is 4.98 Å². The van der Waals surface area contributed by atoms with Crippen LogP contribution in [0, 0.1) is 0 Å². The van der Waals surface area contributed by atoms with Gasteiger partial charge in [-0.05, 0) is 43.6 Å². The van der Waals surface area contributed by atoms with Crippen LogP contribution in [0.15, 0.2) is 23.6 Å². The molecular weight excluding hydrogens is 365 g/mol. The normalized spacial score (nSPS) is 15.4. The third kappa shape index (κ3) is 4.93. The lowest BCUT2D eigenvalue weighted by Gasteiger charge is -2.25. The van der Waals surface area contributed by atoms with Gasteiger partial charge < -0.3 is 5.32 Å². The number of nitrogens with zero attached hydrogens (tertiary/aromatic N) is 2. The van der Waals surface area contributed by atoms with Crippen LogP contribution in [0.4, 0.5) is 5.13 Å². The number of carbonyl (C=O) groups excluding carboxylic acids is 1. The molecule has 1 saturated heterocycles. The number of piperidine rings is 1. The Balaban J connectivity index is 1.53. The van der Waals surface area contributed by atoms with Crippen LogP contribution in [0.25, 0.3) is 0 Å². The SMILES string of the molecule is O=C(Cc1ccc(Cl)c(Cl)c1)Nc1nc(CN2CCCCC2)cs1. The summed E-state index contributed by atoms with van der Waals surface area (Å²) >= 11 is 13.3. The first kappa shape index (κ1) is 17.7. The van der Waals surface area contributed by atoms with E-state index in [9.17, 15) is 4.79 Å². The van der Waals surface area contributed by atoms with E-state index in [0.717, 1.165) is 30.9 Å². The first-order chi connectivity index (χ1) is 11.6. The van der Waals surface area contributed by atoms with Crippen molar-refractivity contribution in [3.8, 4) is 0 Å². The standard InChI is InChI=1S/C17H19Cl2N3OS/c18-14-5-4-12(8-15(14)19)9-16(23)21-17-20-13(11-24-17)10-22-6-2-1-3-7-22/h4-5,8,11H,1-3,6-7,9-10H2,(H,20,21,23). The van der Waals surface area contributed by atoms with E-state index in [0.29, 0.717) is 15.2 Å². The van der Waals surface area contributed by atoms with Crippen molar-refractivity contribution in [2.24, 2.45) is 0 Å². The first-order valence-corrected chi connectivity index (χ1v) is 9.64. The zero-order valence-corrected chi connectivity index (χ0v) is 15.6. The van der Waals surface area contributed by atoms with Gasteiger partial charge in [-0.3, -0.25) is 9.69 Å². The van der Waals surface area contributed by atoms with Gasteiger partial charge in [0.1, 0.15) is 0 Å². The molecule has 1 amide bonds. The molecule has 4 nitrogen and oxygen atoms in total. The number of nitrogens with one attached hydrogen (secondary N) is 1. The summed E-state index contributed by atoms with van der Waals surface area (Å²) in [6.45, 7) is 3.13. The third-order valence-corrected chi connectivity index (χ3v) is 5.53. The van der Waals surface area contributed by atoms with Crippen LogP contribution < -0.4 is 5.32 Å². The highest BCUT2D eigenvalue weighted by molar-refractivity contribution is 7.13. The zero-order valence-electron chi connectivity index (χ0n) is 13.2. The van der Waals surface area contributed by atoms with Crippen LogP contribution >= 0.6 is 34.5 Å². The highest BCUT2D eigenvalue weighted by Gasteiger charge is 2.13. The van der Waals surface area contributed by atoms with Crippen molar-refractivity contribution >= 4 is 45.6 Å². The van der Waals surface area contributed by atoms with Crippen molar-refractivity contribution in [2.45, 2.75) is 32.2 Å². The molecule has 1 aromatic heterocycles. The Labute approximate surface area is 155 Å². The molecule has 2 heterocycles. The van der Waals surface area contributed by atoms with Crippen molar-refractivity contribution in [3.05, 3.63) is 44.9 Å². The minimum atomic E-state index is -0.104. The summed E-state index contributed by atoms with van der Waals surface area (Å²) in [5, 5.41) is 6.47. The van der Waals surface area contributed by atoms with Crippen molar-refractivity contribution < 1.29 is 4.79 Å². The number of likely N-dealkylation sites (tertiary alicyclic amines) is 1. The fourth-order valence-electron chi connectivity index (χ4n) is 2.78. The topological polar surface area (TPSA) is 45.2 Å². The molecule has 1 aromatic carbocycles. The molecule has 7 heteroatoms. The first-order valence-electron chi connectivity index (χ1n) is 8.01. The second kappa shape index (κ2) is 8.30. The molecule has 3 rings (SSSR count). The van der Waals surface area contributed by atoms with Crippen molar-refractivity contribution in [3.63, 3.8) is 0 Å². The molecule has 1 aliphatic heterocycles. The lowest BCUT2D eigenvalue weighted by molar-refractivity contribution is -0.115. The number of hydrogen-bond donors (Lipinski definition) is 1. The smallest absolute Gasteiger partial charge is 0.230 e. The minimum absolute atomic E-state index is 0.104. The number of carbonyl (C=O) groups is 1. The summed E-state index contributed by atoms with van der Waals surface area (Å²) in [6, 6.07) is 5.22. The lowest BCUT2D eigenvalue weighted by atomic mass is 10.1. The summed E-state index contributed by atoms with van der Waals surface area (Å²) in [6.07, 6.45) is 4.09. The molecule has 0 unspecified atom stereocenters. The second-order valence-electron chi connectivity index (χ2n) is 5.95. The van der Waals surface area contributed by atoms with Gasteiger partial charge in [0.15, 0.2) is 5.13 Å². The zero-order chi connectivity index (χ0) is 16.9. The second-order valence-corrected chi connectivity index (χ2v) is 7.63. The quantitative estimate of drug-likeness (QED) is 0.819. The molecule has 1 fully saturated rings. The summed E-state index contributed by atoms with van der Waals surface area (Å²) in [7, 11) is 0. The van der Waals surface area contributed by atoms with Crippen molar-refractivity contribution in [2.75, 3.05) is 18.4 Å². The van der Waals surface area contributed by atoms with Crippen LogP contribution in [-0.4, -0.2) is 28.9 Å². The Hall–Kier alpha value is -1.14. The molecule has 0 saturated carbocycles. The summed E-state index contributed by atoms with van der Waals surface area (Å²) in [5.74, 6) is -0.104. The number of amides is 1. The predicted molar refractivity (Wildman–Crippen MR) is 100 cm³/mol. The average Bonchev–Trinajstić information content (AvgIpc) is 2.99. The van der Waals surface area contributed by atoms with E-state index in [1.165, 1.54) is 30.6 Å². The maximum atomic E-state index is 12.1. The van der Waals surface area contributed by atoms with Gasteiger partial charge in [-0.1, -0.05) is 35.7 Å². The van der Waals surface area contributed by atoms with Gasteiger partial charge in [0.25, 0.3) is 0 Å². The van der Waals surface area contributed by atoms with Crippen molar-refractivity contribution in [1.29, 1.82) is 0 Å². The molecule has 1 aliphatic rings. The fraction of sp³-hybridized carbons (Fsp3) is 0.412. The molecule has 24 heavy (non-hydrogen) atoms. The summed E-state index contributed by atoms with van der Waals surface area (Å²) < 4.78 is 0. The molecule has 2 aromatic rings. The molecular formula is C17H19Cl2N3OS. The number of hydrogen-bond acceptors (Lipinski definition) is 4. The van der Waals surface area contributed by atoms with Crippen molar-refractivity contribution in [1.82, 2.24) is 9.88 Å². The van der Waals surface area contributed by atoms with E-state index < -0.39 is 0 Å². The van der Waals surface area contributed by atoms with E-state index in [4.69, 9.17) is 23.2 Å². The average molecular weight is 384 g/mol. The minimum Gasteiger partial charge on any atom is -0.302 e. The number of aromatic nitrogens is 1. The highest BCUT2D eigenvalue weighted by atomic mass is 35.5. The van der Waals surface area contributed by atoms with Gasteiger partial charge >= 0.3 is 0 Å². The van der Waals surface area contributed by atoms with Crippen LogP contribution in [0.1, 0.15) is 30.5 Å². The van der Waals surface area contributed by atoms with Gasteiger partial charge in [0.05, 0.1) is 22.2 Å². The van der Waals surface area contributed by atoms with Crippen LogP contribution in [-0.2, 0) is 17.8 Å². The molecule has 0 spiro atoms. The fourth-order valence-corrected chi connectivity index (χ4v) is 3.82. The van der Waals surface area contributed by atoms with Crippen LogP contribution in [0.3, 0.4) is 0 Å². The Morgan fingerprint density at radius 1 is 1.21 bits per heavy atom. The van der Waals surface area contributed by atoms with Gasteiger partial charge in [0, 0.05) is 11.9 Å². The van der Waals surface area contributed by atoms with E-state index >= 15 is 0 Å². The molecule has 1 N–H and O–H groups in total. The molecule has 0 aliphatic carbocycles. The number of anilines is 1. The maximum Gasteiger partial charge on any atom is 0.230 e. The largest absolute Gasteiger partial charge is 0.302 e. The van der Waals surface area contributed by atoms with E-state index in [-0.39, 0.29) is 12.3 Å². The number of rotatable bonds is 5. The Morgan fingerprint density at radius 2 is 2.00 bits per heavy atom. The summed E-state index contributed by atoms with van der Waals surface area (Å²) in [5.41, 5.74) is 1.85. The molecule has 0 atom stereocenters.